The molecule has 4 heterocycles. The van der Waals surface area contributed by atoms with Gasteiger partial charge in [0.15, 0.2) is 0 Å². The van der Waals surface area contributed by atoms with Gasteiger partial charge in [0.2, 0.25) is 0 Å². The number of nitrogens with zero attached hydrogens (tertiary/aromatic N) is 3. The molecule has 0 saturated carbocycles. The summed E-state index contributed by atoms with van der Waals surface area (Å²) in [5.41, 5.74) is 11.1. The van der Waals surface area contributed by atoms with Crippen molar-refractivity contribution in [2.45, 2.75) is 0 Å². The lowest BCUT2D eigenvalue weighted by molar-refractivity contribution is 0.669. The Labute approximate surface area is 224 Å². The van der Waals surface area contributed by atoms with E-state index in [2.05, 4.69) is 112 Å². The molecule has 0 spiro atoms. The van der Waals surface area contributed by atoms with Crippen molar-refractivity contribution in [2.24, 2.45) is 0 Å². The van der Waals surface area contributed by atoms with E-state index in [9.17, 15) is 0 Å². The number of rotatable bonds is 2. The van der Waals surface area contributed by atoms with Crippen molar-refractivity contribution in [3.8, 4) is 16.8 Å². The van der Waals surface area contributed by atoms with Crippen LogP contribution in [0.25, 0.3) is 60.6 Å². The number of hydrogen-bond acceptors (Lipinski definition) is 3. The summed E-state index contributed by atoms with van der Waals surface area (Å²) < 4.78 is 8.71. The Morgan fingerprint density at radius 2 is 1.33 bits per heavy atom. The second kappa shape index (κ2) is 7.59. The molecule has 0 radical (unpaired) electrons. The van der Waals surface area contributed by atoms with Gasteiger partial charge in [-0.15, -0.1) is 0 Å². The van der Waals surface area contributed by atoms with Gasteiger partial charge >= 0.3 is 0 Å². The van der Waals surface area contributed by atoms with E-state index in [0.29, 0.717) is 0 Å². The van der Waals surface area contributed by atoms with Crippen molar-refractivity contribution < 1.29 is 4.42 Å². The molecule has 4 nitrogen and oxygen atoms in total. The number of pyridine rings is 1. The molecular weight excluding hydrogens is 478 g/mol. The summed E-state index contributed by atoms with van der Waals surface area (Å²) in [6, 6.07) is 40.9. The molecule has 0 N–H and O–H groups in total. The van der Waals surface area contributed by atoms with Crippen LogP contribution in [0.1, 0.15) is 0 Å². The predicted molar refractivity (Wildman–Crippen MR) is 160 cm³/mol. The third-order valence-electron chi connectivity index (χ3n) is 7.99. The lowest BCUT2D eigenvalue weighted by atomic mass is 10.0. The van der Waals surface area contributed by atoms with Crippen LogP contribution in [-0.4, -0.2) is 9.55 Å². The normalized spacial score (nSPS) is 12.6. The molecule has 3 aromatic heterocycles. The van der Waals surface area contributed by atoms with Crippen LogP contribution in [0.5, 0.6) is 0 Å². The Hall–Kier alpha value is -5.35. The summed E-state index contributed by atoms with van der Waals surface area (Å²) in [4.78, 5) is 6.67. The van der Waals surface area contributed by atoms with Gasteiger partial charge in [-0.25, -0.2) is 0 Å². The molecule has 5 aromatic carbocycles. The Bertz CT molecular complexity index is 2220. The van der Waals surface area contributed by atoms with Gasteiger partial charge in [-0.1, -0.05) is 60.7 Å². The zero-order valence-corrected chi connectivity index (χ0v) is 20.9. The van der Waals surface area contributed by atoms with E-state index >= 15 is 0 Å². The SMILES string of the molecule is c1cncc(-c2ccc(N3c4ccccc4-n4c5cc6oc7ccccc7c6cc5c5cccc3c54)cc2)c1. The van der Waals surface area contributed by atoms with Crippen LogP contribution in [0.15, 0.2) is 132 Å². The van der Waals surface area contributed by atoms with Crippen molar-refractivity contribution in [1.29, 1.82) is 0 Å². The van der Waals surface area contributed by atoms with E-state index in [-0.39, 0.29) is 0 Å². The van der Waals surface area contributed by atoms with Gasteiger partial charge in [0.25, 0.3) is 0 Å². The van der Waals surface area contributed by atoms with Crippen LogP contribution < -0.4 is 4.90 Å². The monoisotopic (exact) mass is 499 g/mol. The van der Waals surface area contributed by atoms with Crippen LogP contribution in [-0.2, 0) is 0 Å². The van der Waals surface area contributed by atoms with Gasteiger partial charge in [-0.05, 0) is 59.7 Å². The molecule has 8 aromatic rings. The highest BCUT2D eigenvalue weighted by atomic mass is 16.3. The summed E-state index contributed by atoms with van der Waals surface area (Å²) in [5, 5.41) is 4.77. The van der Waals surface area contributed by atoms with Gasteiger partial charge in [0.1, 0.15) is 11.2 Å². The number of furan rings is 1. The zero-order valence-electron chi connectivity index (χ0n) is 20.9. The Kier molecular flexibility index (Phi) is 4.02. The van der Waals surface area contributed by atoms with E-state index < -0.39 is 0 Å². The highest BCUT2D eigenvalue weighted by Gasteiger charge is 2.28. The molecule has 1 aliphatic rings. The Morgan fingerprint density at radius 3 is 2.21 bits per heavy atom. The molecule has 39 heavy (non-hydrogen) atoms. The number of benzene rings is 5. The van der Waals surface area contributed by atoms with Crippen molar-refractivity contribution in [2.75, 3.05) is 4.90 Å². The first kappa shape index (κ1) is 20.7. The largest absolute Gasteiger partial charge is 0.456 e. The maximum atomic E-state index is 6.30. The molecular formula is C35H21N3O. The smallest absolute Gasteiger partial charge is 0.137 e. The molecule has 0 atom stereocenters. The Morgan fingerprint density at radius 1 is 0.538 bits per heavy atom. The van der Waals surface area contributed by atoms with E-state index in [1.165, 1.54) is 16.3 Å². The second-order valence-electron chi connectivity index (χ2n) is 10.1. The minimum Gasteiger partial charge on any atom is -0.456 e. The highest BCUT2D eigenvalue weighted by molar-refractivity contribution is 6.21. The van der Waals surface area contributed by atoms with Gasteiger partial charge < -0.3 is 13.9 Å². The summed E-state index contributed by atoms with van der Waals surface area (Å²) in [6.45, 7) is 0. The molecule has 9 rings (SSSR count). The molecule has 182 valence electrons. The molecule has 4 heteroatoms. The lowest BCUT2D eigenvalue weighted by Gasteiger charge is -2.33. The van der Waals surface area contributed by atoms with Crippen LogP contribution in [0, 0.1) is 0 Å². The summed E-state index contributed by atoms with van der Waals surface area (Å²) >= 11 is 0. The third-order valence-corrected chi connectivity index (χ3v) is 7.99. The fraction of sp³-hybridized carbons (Fsp3) is 0. The average molecular weight is 500 g/mol. The number of aromatic nitrogens is 2. The van der Waals surface area contributed by atoms with Gasteiger partial charge in [-0.3, -0.25) is 4.98 Å². The van der Waals surface area contributed by atoms with E-state index in [1.807, 2.05) is 30.6 Å². The molecule has 0 saturated heterocycles. The molecule has 0 aliphatic carbocycles. The number of fused-ring (bicyclic) bond motifs is 8. The minimum atomic E-state index is 0.912. The lowest BCUT2D eigenvalue weighted by Crippen LogP contribution is -2.17. The number of para-hydroxylation sites is 4. The fourth-order valence-corrected chi connectivity index (χ4v) is 6.28. The number of hydrogen-bond donors (Lipinski definition) is 0. The zero-order chi connectivity index (χ0) is 25.5. The quantitative estimate of drug-likeness (QED) is 0.237. The van der Waals surface area contributed by atoms with Crippen molar-refractivity contribution in [3.05, 3.63) is 128 Å². The maximum absolute atomic E-state index is 6.30. The number of anilines is 3. The molecule has 0 fully saturated rings. The van der Waals surface area contributed by atoms with Crippen molar-refractivity contribution >= 4 is 60.8 Å². The van der Waals surface area contributed by atoms with E-state index in [1.54, 1.807) is 0 Å². The molecule has 1 aliphatic heterocycles. The molecule has 0 bridgehead atoms. The second-order valence-corrected chi connectivity index (χ2v) is 10.1. The topological polar surface area (TPSA) is 34.2 Å². The summed E-state index contributed by atoms with van der Waals surface area (Å²) in [5.74, 6) is 0. The van der Waals surface area contributed by atoms with Gasteiger partial charge in [-0.2, -0.15) is 0 Å². The highest BCUT2D eigenvalue weighted by Crippen LogP contribution is 2.50. The summed E-state index contributed by atoms with van der Waals surface area (Å²) in [6.07, 6.45) is 3.71. The third kappa shape index (κ3) is 2.80. The van der Waals surface area contributed by atoms with Gasteiger partial charge in [0.05, 0.1) is 28.1 Å². The minimum absolute atomic E-state index is 0.912. The average Bonchev–Trinajstić information content (AvgIpc) is 3.53. The molecule has 0 unspecified atom stereocenters. The van der Waals surface area contributed by atoms with Crippen LogP contribution >= 0.6 is 0 Å². The van der Waals surface area contributed by atoms with Crippen molar-refractivity contribution in [3.63, 3.8) is 0 Å². The van der Waals surface area contributed by atoms with Crippen LogP contribution in [0.2, 0.25) is 0 Å². The van der Waals surface area contributed by atoms with E-state index in [0.717, 1.165) is 61.3 Å². The van der Waals surface area contributed by atoms with Crippen LogP contribution in [0.4, 0.5) is 17.1 Å². The standard InChI is InChI=1S/C35H21N3O/c1-4-13-33-25(8-1)28-19-27-26-9-5-12-31-35(26)38(32(27)20-34(28)39-33)30-11-3-2-10-29(30)37(31)24-16-14-22(15-17-24)23-7-6-18-36-21-23/h1-21H. The first-order valence-electron chi connectivity index (χ1n) is 13.1. The summed E-state index contributed by atoms with van der Waals surface area (Å²) in [7, 11) is 0. The van der Waals surface area contributed by atoms with Gasteiger partial charge in [0, 0.05) is 45.7 Å². The van der Waals surface area contributed by atoms with Crippen LogP contribution in [0.3, 0.4) is 0 Å². The first-order chi connectivity index (χ1) is 19.3. The first-order valence-corrected chi connectivity index (χ1v) is 13.1. The maximum Gasteiger partial charge on any atom is 0.137 e. The molecule has 0 amide bonds. The van der Waals surface area contributed by atoms with E-state index in [4.69, 9.17) is 4.42 Å². The van der Waals surface area contributed by atoms with Crippen molar-refractivity contribution in [1.82, 2.24) is 9.55 Å². The Balaban J connectivity index is 1.33. The predicted octanol–water partition coefficient (Wildman–Crippen LogP) is 9.53. The fourth-order valence-electron chi connectivity index (χ4n) is 6.28.